The summed E-state index contributed by atoms with van der Waals surface area (Å²) in [6, 6.07) is 9.78. The summed E-state index contributed by atoms with van der Waals surface area (Å²) < 4.78 is 19.4. The number of nitrogens with two attached hydrogens (primary N) is 1. The Kier molecular flexibility index (Phi) is 6.70. The molecule has 2 aromatic rings. The van der Waals surface area contributed by atoms with E-state index in [0.717, 1.165) is 5.56 Å². The van der Waals surface area contributed by atoms with Crippen LogP contribution >= 0.6 is 0 Å². The Balaban J connectivity index is 1.93. The summed E-state index contributed by atoms with van der Waals surface area (Å²) in [5.41, 5.74) is 4.08. The molecule has 1 heterocycles. The minimum absolute atomic E-state index is 0.0548. The van der Waals surface area contributed by atoms with Crippen LogP contribution in [0.2, 0.25) is 0 Å². The predicted octanol–water partition coefficient (Wildman–Crippen LogP) is 2.95. The number of aliphatic hydroxyl groups is 1. The molecule has 3 N–H and O–H groups in total. The van der Waals surface area contributed by atoms with E-state index in [2.05, 4.69) is 4.98 Å². The number of alkyl halides is 1. The monoisotopic (exact) mass is 347 g/mol. The van der Waals surface area contributed by atoms with Gasteiger partial charge in [0.1, 0.15) is 6.26 Å². The zero-order valence-corrected chi connectivity index (χ0v) is 14.3. The topological polar surface area (TPSA) is 89.3 Å². The van der Waals surface area contributed by atoms with Gasteiger partial charge in [0.15, 0.2) is 11.6 Å². The van der Waals surface area contributed by atoms with Crippen LogP contribution in [0.1, 0.15) is 43.6 Å². The minimum Gasteiger partial charge on any atom is -0.449 e. The van der Waals surface area contributed by atoms with E-state index in [1.807, 2.05) is 30.3 Å². The van der Waals surface area contributed by atoms with E-state index in [4.69, 9.17) is 10.2 Å². The van der Waals surface area contributed by atoms with E-state index >= 15 is 0 Å². The van der Waals surface area contributed by atoms with E-state index in [1.165, 1.54) is 19.4 Å². The number of aromatic nitrogens is 1. The number of carbonyl (C=O) groups excluding carboxylic acids is 1. The lowest BCUT2D eigenvalue weighted by molar-refractivity contribution is -0.128. The van der Waals surface area contributed by atoms with Crippen LogP contribution in [0.25, 0.3) is 0 Å². The second-order valence-corrected chi connectivity index (χ2v) is 6.40. The molecule has 2 rings (SSSR count). The molecule has 1 amide bonds. The van der Waals surface area contributed by atoms with Gasteiger partial charge in [-0.25, -0.2) is 9.37 Å². The highest BCUT2D eigenvalue weighted by Crippen LogP contribution is 2.30. The molecule has 0 spiro atoms. The van der Waals surface area contributed by atoms with E-state index < -0.39 is 17.7 Å². The Hall–Kier alpha value is -2.21. The molecule has 3 unspecified atom stereocenters. The molecule has 1 aromatic carbocycles. The number of primary amides is 1. The molecule has 0 saturated carbocycles. The lowest BCUT2D eigenvalue weighted by Crippen LogP contribution is -2.37. The first-order valence-electron chi connectivity index (χ1n) is 8.32. The van der Waals surface area contributed by atoms with Crippen molar-refractivity contribution in [1.82, 2.24) is 4.98 Å². The zero-order valence-electron chi connectivity index (χ0n) is 14.3. The van der Waals surface area contributed by atoms with Crippen LogP contribution in [-0.4, -0.2) is 27.8 Å². The standard InChI is InChI=1S/C19H24FN2O3/c1-19(20,18(21)24)10-9-15(17-22-11-12-25-17)13-16(23)8-7-14-5-3-2-4-6-14/h2-6,8,11-12,15-16,23H,7,9-10,13H2,1H3,(H2,21,24). The summed E-state index contributed by atoms with van der Waals surface area (Å²) in [6.45, 7) is 1.17. The number of amides is 1. The highest BCUT2D eigenvalue weighted by Gasteiger charge is 2.32. The number of nitrogens with zero attached hydrogens (tertiary/aromatic N) is 1. The number of benzene rings is 1. The van der Waals surface area contributed by atoms with Crippen molar-refractivity contribution in [3.8, 4) is 0 Å². The van der Waals surface area contributed by atoms with Gasteiger partial charge in [-0.05, 0) is 44.6 Å². The number of halogens is 1. The van der Waals surface area contributed by atoms with E-state index in [0.29, 0.717) is 25.2 Å². The Bertz CT molecular complexity index is 644. The average Bonchev–Trinajstić information content (AvgIpc) is 3.12. The highest BCUT2D eigenvalue weighted by atomic mass is 19.1. The van der Waals surface area contributed by atoms with Crippen molar-refractivity contribution >= 4 is 5.91 Å². The van der Waals surface area contributed by atoms with Gasteiger partial charge < -0.3 is 15.3 Å². The van der Waals surface area contributed by atoms with Crippen molar-refractivity contribution in [3.05, 3.63) is 60.7 Å². The molecule has 135 valence electrons. The Morgan fingerprint density at radius 2 is 2.16 bits per heavy atom. The molecule has 3 atom stereocenters. The summed E-state index contributed by atoms with van der Waals surface area (Å²) in [4.78, 5) is 15.3. The van der Waals surface area contributed by atoms with Gasteiger partial charge in [-0.3, -0.25) is 4.79 Å². The Labute approximate surface area is 147 Å². The first-order valence-corrected chi connectivity index (χ1v) is 8.32. The lowest BCUT2D eigenvalue weighted by atomic mass is 9.89. The molecule has 6 heteroatoms. The van der Waals surface area contributed by atoms with Gasteiger partial charge in [0.2, 0.25) is 0 Å². The average molecular weight is 347 g/mol. The highest BCUT2D eigenvalue weighted by molar-refractivity contribution is 5.82. The van der Waals surface area contributed by atoms with E-state index in [9.17, 15) is 14.3 Å². The van der Waals surface area contributed by atoms with Crippen molar-refractivity contribution in [1.29, 1.82) is 0 Å². The molecular weight excluding hydrogens is 323 g/mol. The quantitative estimate of drug-likeness (QED) is 0.691. The minimum atomic E-state index is -2.09. The van der Waals surface area contributed by atoms with Gasteiger partial charge in [0.25, 0.3) is 5.91 Å². The van der Waals surface area contributed by atoms with Gasteiger partial charge in [-0.2, -0.15) is 0 Å². The number of aliphatic hydroxyl groups excluding tert-OH is 1. The van der Waals surface area contributed by atoms with Crippen molar-refractivity contribution in [2.45, 2.75) is 50.3 Å². The van der Waals surface area contributed by atoms with Gasteiger partial charge in [0.05, 0.1) is 12.3 Å². The molecule has 1 radical (unpaired) electrons. The van der Waals surface area contributed by atoms with Gasteiger partial charge in [0, 0.05) is 5.92 Å². The first-order chi connectivity index (χ1) is 11.9. The molecule has 0 bridgehead atoms. The summed E-state index contributed by atoms with van der Waals surface area (Å²) >= 11 is 0. The molecule has 1 aromatic heterocycles. The fourth-order valence-corrected chi connectivity index (χ4v) is 2.62. The number of rotatable bonds is 10. The zero-order chi connectivity index (χ0) is 18.3. The lowest BCUT2D eigenvalue weighted by Gasteiger charge is -2.21. The van der Waals surface area contributed by atoms with Gasteiger partial charge in [-0.15, -0.1) is 0 Å². The van der Waals surface area contributed by atoms with Crippen LogP contribution in [0.3, 0.4) is 0 Å². The van der Waals surface area contributed by atoms with Crippen LogP contribution in [0.4, 0.5) is 4.39 Å². The predicted molar refractivity (Wildman–Crippen MR) is 92.3 cm³/mol. The third-order valence-electron chi connectivity index (χ3n) is 4.27. The van der Waals surface area contributed by atoms with E-state index in [-0.39, 0.29) is 12.3 Å². The van der Waals surface area contributed by atoms with Gasteiger partial charge in [-0.1, -0.05) is 30.3 Å². The van der Waals surface area contributed by atoms with Crippen LogP contribution < -0.4 is 5.73 Å². The summed E-state index contributed by atoms with van der Waals surface area (Å²) in [6.07, 6.45) is 5.25. The molecule has 0 fully saturated rings. The van der Waals surface area contributed by atoms with Crippen LogP contribution in [-0.2, 0) is 11.2 Å². The fraction of sp³-hybridized carbons (Fsp3) is 0.421. The number of oxazole rings is 1. The molecule has 5 nitrogen and oxygen atoms in total. The van der Waals surface area contributed by atoms with Crippen LogP contribution in [0.15, 0.2) is 47.2 Å². The summed E-state index contributed by atoms with van der Waals surface area (Å²) in [7, 11) is 0. The Morgan fingerprint density at radius 3 is 2.76 bits per heavy atom. The first kappa shape index (κ1) is 19.1. The fourth-order valence-electron chi connectivity index (χ4n) is 2.62. The molecular formula is C19H24FN2O3. The number of hydrogen-bond acceptors (Lipinski definition) is 4. The largest absolute Gasteiger partial charge is 0.449 e. The van der Waals surface area contributed by atoms with Crippen molar-refractivity contribution in [2.75, 3.05) is 0 Å². The number of hydrogen-bond donors (Lipinski definition) is 2. The van der Waals surface area contributed by atoms with Crippen molar-refractivity contribution in [3.63, 3.8) is 0 Å². The molecule has 0 saturated heterocycles. The second-order valence-electron chi connectivity index (χ2n) is 6.40. The second kappa shape index (κ2) is 8.76. The van der Waals surface area contributed by atoms with Crippen molar-refractivity contribution in [2.24, 2.45) is 5.73 Å². The third kappa shape index (κ3) is 5.98. The maximum absolute atomic E-state index is 14.1. The third-order valence-corrected chi connectivity index (χ3v) is 4.27. The number of carbonyl (C=O) groups is 1. The smallest absolute Gasteiger partial charge is 0.254 e. The molecule has 0 aliphatic carbocycles. The summed E-state index contributed by atoms with van der Waals surface area (Å²) in [5.74, 6) is -0.867. The molecule has 0 aliphatic rings. The van der Waals surface area contributed by atoms with E-state index in [1.54, 1.807) is 6.42 Å². The normalized spacial score (nSPS) is 16.1. The molecule has 25 heavy (non-hydrogen) atoms. The van der Waals surface area contributed by atoms with Crippen molar-refractivity contribution < 1.29 is 18.7 Å². The molecule has 0 aliphatic heterocycles. The van der Waals surface area contributed by atoms with Crippen LogP contribution in [0, 0.1) is 6.42 Å². The maximum Gasteiger partial charge on any atom is 0.254 e. The van der Waals surface area contributed by atoms with Gasteiger partial charge >= 0.3 is 0 Å². The van der Waals surface area contributed by atoms with Crippen LogP contribution in [0.5, 0.6) is 0 Å². The summed E-state index contributed by atoms with van der Waals surface area (Å²) in [5, 5.41) is 10.3. The SMILES string of the molecule is CC(F)(CCC(CC(O)[CH]Cc1ccccc1)c1ncco1)C(N)=O. The maximum atomic E-state index is 14.1. The Morgan fingerprint density at radius 1 is 1.44 bits per heavy atom.